The van der Waals surface area contributed by atoms with Crippen LogP contribution in [-0.4, -0.2) is 88.7 Å². The smallest absolute Gasteiger partial charge is 0.254 e. The van der Waals surface area contributed by atoms with Crippen LogP contribution >= 0.6 is 0 Å². The number of carbonyl (C=O) groups excluding carboxylic acids is 2. The van der Waals surface area contributed by atoms with Crippen LogP contribution in [-0.2, 0) is 9.53 Å². The van der Waals surface area contributed by atoms with Gasteiger partial charge in [-0.3, -0.25) is 9.59 Å². The van der Waals surface area contributed by atoms with Gasteiger partial charge in [-0.15, -0.1) is 0 Å². The maximum atomic E-state index is 13.7. The van der Waals surface area contributed by atoms with Gasteiger partial charge < -0.3 is 29.2 Å². The Hall–Kier alpha value is -2.26. The van der Waals surface area contributed by atoms with E-state index in [1.807, 2.05) is 18.7 Å². The molecule has 2 unspecified atom stereocenters. The number of nitrogens with zero attached hydrogens (tertiary/aromatic N) is 2. The minimum atomic E-state index is -0.0210. The summed E-state index contributed by atoms with van der Waals surface area (Å²) in [5.41, 5.74) is 0.580. The van der Waals surface area contributed by atoms with Crippen LogP contribution in [0.3, 0.4) is 0 Å². The molecule has 1 aliphatic rings. The number of amides is 2. The molecule has 1 aromatic carbocycles. The van der Waals surface area contributed by atoms with Crippen molar-refractivity contribution >= 4 is 19.8 Å². The van der Waals surface area contributed by atoms with E-state index in [0.717, 1.165) is 25.9 Å². The summed E-state index contributed by atoms with van der Waals surface area (Å²) in [6, 6.07) is 5.45. The van der Waals surface area contributed by atoms with Gasteiger partial charge in [-0.2, -0.15) is 0 Å². The fraction of sp³-hybridized carbons (Fsp3) is 0.692. The first kappa shape index (κ1) is 29.0. The van der Waals surface area contributed by atoms with Gasteiger partial charge in [0.1, 0.15) is 0 Å². The van der Waals surface area contributed by atoms with Crippen molar-refractivity contribution in [2.45, 2.75) is 59.0 Å². The quantitative estimate of drug-likeness (QED) is 0.339. The SMILES string of the molecule is BN1CC(CNC(=O)CC(C)C)CC(N(C(=O)c2ccc(OC)c(OCCCOC)c2)C(C)C)C1. The van der Waals surface area contributed by atoms with Gasteiger partial charge in [0.2, 0.25) is 5.91 Å². The Balaban J connectivity index is 2.15. The highest BCUT2D eigenvalue weighted by Crippen LogP contribution is 2.30. The average molecular weight is 489 g/mol. The van der Waals surface area contributed by atoms with Gasteiger partial charge in [-0.1, -0.05) is 13.8 Å². The molecule has 9 heteroatoms. The van der Waals surface area contributed by atoms with Crippen LogP contribution in [0.2, 0.25) is 0 Å². The molecular weight excluding hydrogens is 445 g/mol. The molecule has 1 aromatic rings. The number of rotatable bonds is 13. The van der Waals surface area contributed by atoms with E-state index >= 15 is 0 Å². The standard InChI is InChI=1S/C26H44BN3O5/c1-18(2)12-25(31)28-15-20-13-22(17-29(27)16-20)30(19(3)4)26(32)21-8-9-23(34-6)24(14-21)35-11-7-10-33-5/h8-9,14,18-20,22H,7,10-13,15-17,27H2,1-6H3,(H,28,31). The molecule has 196 valence electrons. The fourth-order valence-electron chi connectivity index (χ4n) is 4.74. The summed E-state index contributed by atoms with van der Waals surface area (Å²) in [5, 5.41) is 3.09. The molecule has 1 aliphatic heterocycles. The van der Waals surface area contributed by atoms with E-state index in [2.05, 4.69) is 32.0 Å². The van der Waals surface area contributed by atoms with E-state index in [9.17, 15) is 9.59 Å². The van der Waals surface area contributed by atoms with E-state index in [-0.39, 0.29) is 23.9 Å². The lowest BCUT2D eigenvalue weighted by atomic mass is 9.90. The summed E-state index contributed by atoms with van der Waals surface area (Å²) < 4.78 is 16.4. The van der Waals surface area contributed by atoms with E-state index in [0.29, 0.717) is 55.1 Å². The molecule has 0 spiro atoms. The van der Waals surface area contributed by atoms with Crippen LogP contribution in [0.25, 0.3) is 0 Å². The van der Waals surface area contributed by atoms with Crippen molar-refractivity contribution in [3.8, 4) is 11.5 Å². The van der Waals surface area contributed by atoms with Gasteiger partial charge >= 0.3 is 0 Å². The molecule has 1 N–H and O–H groups in total. The molecular formula is C26H44BN3O5. The first-order valence-electron chi connectivity index (χ1n) is 12.7. The largest absolute Gasteiger partial charge is 0.493 e. The van der Waals surface area contributed by atoms with Crippen LogP contribution in [0.5, 0.6) is 11.5 Å². The van der Waals surface area contributed by atoms with Crippen LogP contribution in [0.4, 0.5) is 0 Å². The highest BCUT2D eigenvalue weighted by molar-refractivity contribution is 6.04. The van der Waals surface area contributed by atoms with Gasteiger partial charge in [-0.05, 0) is 56.8 Å². The van der Waals surface area contributed by atoms with Gasteiger partial charge in [0.05, 0.1) is 13.7 Å². The molecule has 1 saturated heterocycles. The second kappa shape index (κ2) is 14.3. The number of hydrogen-bond acceptors (Lipinski definition) is 6. The zero-order valence-electron chi connectivity index (χ0n) is 22.6. The molecule has 0 saturated carbocycles. The van der Waals surface area contributed by atoms with Gasteiger partial charge in [0, 0.05) is 57.3 Å². The second-order valence-electron chi connectivity index (χ2n) is 10.2. The second-order valence-corrected chi connectivity index (χ2v) is 10.2. The minimum Gasteiger partial charge on any atom is -0.493 e. The lowest BCUT2D eigenvalue weighted by Crippen LogP contribution is -2.55. The van der Waals surface area contributed by atoms with Crippen molar-refractivity contribution in [2.75, 3.05) is 47.1 Å². The Morgan fingerprint density at radius 3 is 2.51 bits per heavy atom. The lowest BCUT2D eigenvalue weighted by molar-refractivity contribution is -0.122. The van der Waals surface area contributed by atoms with Gasteiger partial charge in [-0.25, -0.2) is 0 Å². The number of methoxy groups -OCH3 is 2. The van der Waals surface area contributed by atoms with Crippen molar-refractivity contribution in [1.29, 1.82) is 0 Å². The van der Waals surface area contributed by atoms with E-state index < -0.39 is 0 Å². The molecule has 0 aromatic heterocycles. The third kappa shape index (κ3) is 9.04. The number of hydrogen-bond donors (Lipinski definition) is 1. The number of nitrogens with one attached hydrogen (secondary N) is 1. The Morgan fingerprint density at radius 1 is 1.14 bits per heavy atom. The molecule has 2 amide bonds. The summed E-state index contributed by atoms with van der Waals surface area (Å²) in [4.78, 5) is 30.1. The van der Waals surface area contributed by atoms with Crippen LogP contribution in [0, 0.1) is 11.8 Å². The summed E-state index contributed by atoms with van der Waals surface area (Å²) in [5.74, 6) is 1.86. The molecule has 0 radical (unpaired) electrons. The van der Waals surface area contributed by atoms with Crippen LogP contribution < -0.4 is 14.8 Å². The van der Waals surface area contributed by atoms with Crippen molar-refractivity contribution < 1.29 is 23.8 Å². The number of carbonyl (C=O) groups is 2. The van der Waals surface area contributed by atoms with Gasteiger partial charge in [0.25, 0.3) is 5.91 Å². The molecule has 35 heavy (non-hydrogen) atoms. The average Bonchev–Trinajstić information content (AvgIpc) is 2.79. The summed E-state index contributed by atoms with van der Waals surface area (Å²) in [7, 11) is 5.34. The van der Waals surface area contributed by atoms with Crippen molar-refractivity contribution in [3.63, 3.8) is 0 Å². The van der Waals surface area contributed by atoms with E-state index in [1.165, 1.54) is 0 Å². The molecule has 0 bridgehead atoms. The Morgan fingerprint density at radius 2 is 1.89 bits per heavy atom. The van der Waals surface area contributed by atoms with E-state index in [4.69, 9.17) is 14.2 Å². The molecule has 2 atom stereocenters. The number of ether oxygens (including phenoxy) is 3. The molecule has 0 aliphatic carbocycles. The first-order valence-corrected chi connectivity index (χ1v) is 12.7. The molecule has 1 heterocycles. The third-order valence-electron chi connectivity index (χ3n) is 6.22. The van der Waals surface area contributed by atoms with Gasteiger partial charge in [0.15, 0.2) is 19.5 Å². The molecule has 8 nitrogen and oxygen atoms in total. The zero-order valence-corrected chi connectivity index (χ0v) is 22.6. The van der Waals surface area contributed by atoms with E-state index in [1.54, 1.807) is 32.4 Å². The minimum absolute atomic E-state index is 0.0210. The number of piperidine rings is 1. The third-order valence-corrected chi connectivity index (χ3v) is 6.22. The normalized spacial score (nSPS) is 18.5. The first-order chi connectivity index (χ1) is 16.7. The molecule has 1 fully saturated rings. The highest BCUT2D eigenvalue weighted by atomic mass is 16.5. The Labute approximate surface area is 212 Å². The maximum Gasteiger partial charge on any atom is 0.254 e. The number of benzene rings is 1. The fourth-order valence-corrected chi connectivity index (χ4v) is 4.74. The van der Waals surface area contributed by atoms with Crippen molar-refractivity contribution in [2.24, 2.45) is 11.8 Å². The van der Waals surface area contributed by atoms with Crippen molar-refractivity contribution in [3.05, 3.63) is 23.8 Å². The monoisotopic (exact) mass is 489 g/mol. The summed E-state index contributed by atoms with van der Waals surface area (Å²) >= 11 is 0. The highest BCUT2D eigenvalue weighted by Gasteiger charge is 2.34. The van der Waals surface area contributed by atoms with Crippen molar-refractivity contribution in [1.82, 2.24) is 15.0 Å². The summed E-state index contributed by atoms with van der Waals surface area (Å²) in [6.45, 7) is 11.6. The predicted molar refractivity (Wildman–Crippen MR) is 141 cm³/mol. The Kier molecular flexibility index (Phi) is 11.9. The Bertz CT molecular complexity index is 820. The zero-order chi connectivity index (χ0) is 26.0. The van der Waals surface area contributed by atoms with Crippen LogP contribution in [0.1, 0.15) is 57.3 Å². The summed E-state index contributed by atoms with van der Waals surface area (Å²) in [6.07, 6.45) is 2.14. The molecule has 2 rings (SSSR count). The predicted octanol–water partition coefficient (Wildman–Crippen LogP) is 2.36. The maximum absolute atomic E-state index is 13.7. The lowest BCUT2D eigenvalue weighted by Gasteiger charge is -2.43. The van der Waals surface area contributed by atoms with Crippen LogP contribution in [0.15, 0.2) is 18.2 Å². The topological polar surface area (TPSA) is 80.3 Å².